The Morgan fingerprint density at radius 3 is 2.61 bits per heavy atom. The standard InChI is InChI=1S/C20H26N2O5S/c1-3-13-26-16-7-8-17(15(2)14-16)21-20(23)18-9-10-19(27-18)28(24,25)22-11-5-4-6-12-22/h7-10,14H,3-6,11-13H2,1-2H3,(H,21,23). The Bertz CT molecular complexity index is 930. The summed E-state index contributed by atoms with van der Waals surface area (Å²) in [5, 5.41) is 2.56. The van der Waals surface area contributed by atoms with E-state index >= 15 is 0 Å². The van der Waals surface area contributed by atoms with Gasteiger partial charge in [-0.2, -0.15) is 4.31 Å². The Balaban J connectivity index is 1.70. The summed E-state index contributed by atoms with van der Waals surface area (Å²) in [5.74, 6) is 0.206. The summed E-state index contributed by atoms with van der Waals surface area (Å²) >= 11 is 0. The van der Waals surface area contributed by atoms with Crippen LogP contribution in [0.5, 0.6) is 5.75 Å². The van der Waals surface area contributed by atoms with Gasteiger partial charge in [0.2, 0.25) is 5.09 Å². The van der Waals surface area contributed by atoms with Crippen molar-refractivity contribution in [1.29, 1.82) is 0 Å². The zero-order chi connectivity index (χ0) is 20.1. The highest BCUT2D eigenvalue weighted by Gasteiger charge is 2.29. The van der Waals surface area contributed by atoms with Crippen LogP contribution in [-0.2, 0) is 10.0 Å². The highest BCUT2D eigenvalue weighted by Crippen LogP contribution is 2.25. The van der Waals surface area contributed by atoms with Gasteiger partial charge in [0.05, 0.1) is 6.61 Å². The molecule has 1 N–H and O–H groups in total. The van der Waals surface area contributed by atoms with Crippen LogP contribution in [0, 0.1) is 6.92 Å². The van der Waals surface area contributed by atoms with E-state index in [-0.39, 0.29) is 10.9 Å². The van der Waals surface area contributed by atoms with Crippen molar-refractivity contribution in [2.75, 3.05) is 25.0 Å². The molecule has 0 spiro atoms. The molecule has 1 aromatic heterocycles. The molecule has 152 valence electrons. The van der Waals surface area contributed by atoms with E-state index in [2.05, 4.69) is 5.32 Å². The molecule has 0 radical (unpaired) electrons. The second-order valence-electron chi connectivity index (χ2n) is 6.86. The first-order chi connectivity index (χ1) is 13.4. The molecule has 1 saturated heterocycles. The molecule has 0 bridgehead atoms. The van der Waals surface area contributed by atoms with E-state index in [0.717, 1.165) is 37.0 Å². The number of benzene rings is 1. The third kappa shape index (κ3) is 4.56. The normalized spacial score (nSPS) is 15.4. The van der Waals surface area contributed by atoms with Crippen LogP contribution < -0.4 is 10.1 Å². The van der Waals surface area contributed by atoms with Crippen molar-refractivity contribution in [1.82, 2.24) is 4.31 Å². The van der Waals surface area contributed by atoms with Crippen LogP contribution in [0.1, 0.15) is 48.7 Å². The number of carbonyl (C=O) groups excluding carboxylic acids is 1. The zero-order valence-electron chi connectivity index (χ0n) is 16.2. The quantitative estimate of drug-likeness (QED) is 0.755. The number of nitrogens with one attached hydrogen (secondary N) is 1. The number of anilines is 1. The van der Waals surface area contributed by atoms with Gasteiger partial charge in [-0.25, -0.2) is 8.42 Å². The van der Waals surface area contributed by atoms with Crippen LogP contribution in [0.25, 0.3) is 0 Å². The fourth-order valence-corrected chi connectivity index (χ4v) is 4.51. The van der Waals surface area contributed by atoms with Gasteiger partial charge in [-0.05, 0) is 62.1 Å². The smallest absolute Gasteiger partial charge is 0.291 e. The van der Waals surface area contributed by atoms with Gasteiger partial charge >= 0.3 is 0 Å². The zero-order valence-corrected chi connectivity index (χ0v) is 17.0. The summed E-state index contributed by atoms with van der Waals surface area (Å²) in [6.07, 6.45) is 3.62. The molecule has 0 saturated carbocycles. The topological polar surface area (TPSA) is 88.8 Å². The lowest BCUT2D eigenvalue weighted by atomic mass is 10.2. The highest BCUT2D eigenvalue weighted by molar-refractivity contribution is 7.89. The lowest BCUT2D eigenvalue weighted by Crippen LogP contribution is -2.35. The summed E-state index contributed by atoms with van der Waals surface area (Å²) in [5.41, 5.74) is 1.46. The molecule has 8 heteroatoms. The van der Waals surface area contributed by atoms with E-state index < -0.39 is 15.9 Å². The maximum atomic E-state index is 12.6. The average Bonchev–Trinajstić information content (AvgIpc) is 3.20. The monoisotopic (exact) mass is 406 g/mol. The Kier molecular flexibility index (Phi) is 6.41. The number of furan rings is 1. The maximum absolute atomic E-state index is 12.6. The lowest BCUT2D eigenvalue weighted by Gasteiger charge is -2.24. The number of hydrogen-bond donors (Lipinski definition) is 1. The third-order valence-electron chi connectivity index (χ3n) is 4.63. The molecule has 0 atom stereocenters. The molecule has 7 nitrogen and oxygen atoms in total. The van der Waals surface area contributed by atoms with E-state index in [1.165, 1.54) is 16.4 Å². The number of carbonyl (C=O) groups is 1. The van der Waals surface area contributed by atoms with Crippen LogP contribution in [-0.4, -0.2) is 38.3 Å². The van der Waals surface area contributed by atoms with Crippen LogP contribution in [0.3, 0.4) is 0 Å². The highest BCUT2D eigenvalue weighted by atomic mass is 32.2. The van der Waals surface area contributed by atoms with Crippen molar-refractivity contribution >= 4 is 21.6 Å². The molecule has 0 unspecified atom stereocenters. The predicted octanol–water partition coefficient (Wildman–Crippen LogP) is 3.80. The van der Waals surface area contributed by atoms with Crippen molar-refractivity contribution in [2.45, 2.75) is 44.6 Å². The number of sulfonamides is 1. The molecule has 2 heterocycles. The molecule has 3 rings (SSSR count). The first kappa shape index (κ1) is 20.4. The van der Waals surface area contributed by atoms with Gasteiger partial charge in [-0.15, -0.1) is 0 Å². The molecule has 1 fully saturated rings. The average molecular weight is 407 g/mol. The van der Waals surface area contributed by atoms with Gasteiger partial charge in [0.15, 0.2) is 5.76 Å². The molecule has 2 aromatic rings. The fraction of sp³-hybridized carbons (Fsp3) is 0.450. The maximum Gasteiger partial charge on any atom is 0.291 e. The SMILES string of the molecule is CCCOc1ccc(NC(=O)c2ccc(S(=O)(=O)N3CCCCC3)o2)c(C)c1. The fourth-order valence-electron chi connectivity index (χ4n) is 3.08. The molecule has 1 amide bonds. The first-order valence-electron chi connectivity index (χ1n) is 9.56. The first-order valence-corrected chi connectivity index (χ1v) is 11.0. The van der Waals surface area contributed by atoms with Crippen LogP contribution in [0.2, 0.25) is 0 Å². The van der Waals surface area contributed by atoms with Crippen molar-refractivity contribution in [3.05, 3.63) is 41.7 Å². The predicted molar refractivity (Wildman–Crippen MR) is 106 cm³/mol. The van der Waals surface area contributed by atoms with Gasteiger partial charge in [0, 0.05) is 18.8 Å². The summed E-state index contributed by atoms with van der Waals surface area (Å²) in [6.45, 7) is 5.49. The minimum Gasteiger partial charge on any atom is -0.494 e. The number of hydrogen-bond acceptors (Lipinski definition) is 5. The largest absolute Gasteiger partial charge is 0.494 e. The summed E-state index contributed by atoms with van der Waals surface area (Å²) < 4.78 is 37.7. The summed E-state index contributed by atoms with van der Waals surface area (Å²) in [4.78, 5) is 12.5. The number of nitrogens with zero attached hydrogens (tertiary/aromatic N) is 1. The second-order valence-corrected chi connectivity index (χ2v) is 8.73. The molecular weight excluding hydrogens is 380 g/mol. The number of rotatable bonds is 7. The molecule has 1 aliphatic heterocycles. The van der Waals surface area contributed by atoms with Gasteiger partial charge in [-0.1, -0.05) is 13.3 Å². The molecule has 1 aromatic carbocycles. The molecular formula is C20H26N2O5S. The summed E-state index contributed by atoms with van der Waals surface area (Å²) in [7, 11) is -3.70. The van der Waals surface area contributed by atoms with Crippen molar-refractivity contribution in [3.8, 4) is 5.75 Å². The van der Waals surface area contributed by atoms with Gasteiger partial charge in [-0.3, -0.25) is 4.79 Å². The molecule has 1 aliphatic rings. The lowest BCUT2D eigenvalue weighted by molar-refractivity contribution is 0.0991. The Labute approximate surface area is 165 Å². The van der Waals surface area contributed by atoms with Crippen LogP contribution in [0.4, 0.5) is 5.69 Å². The van der Waals surface area contributed by atoms with Crippen molar-refractivity contribution < 1.29 is 22.4 Å². The number of amides is 1. The summed E-state index contributed by atoms with van der Waals surface area (Å²) in [6, 6.07) is 8.12. The minimum absolute atomic E-state index is 0.0405. The van der Waals surface area contributed by atoms with E-state index in [0.29, 0.717) is 25.4 Å². The van der Waals surface area contributed by atoms with Gasteiger partial charge in [0.25, 0.3) is 15.9 Å². The van der Waals surface area contributed by atoms with Gasteiger partial charge in [0.1, 0.15) is 5.75 Å². The van der Waals surface area contributed by atoms with E-state index in [1.54, 1.807) is 12.1 Å². The van der Waals surface area contributed by atoms with Crippen molar-refractivity contribution in [2.24, 2.45) is 0 Å². The van der Waals surface area contributed by atoms with Crippen LogP contribution >= 0.6 is 0 Å². The number of ether oxygens (including phenoxy) is 1. The Morgan fingerprint density at radius 2 is 1.93 bits per heavy atom. The van der Waals surface area contributed by atoms with E-state index in [9.17, 15) is 13.2 Å². The Morgan fingerprint density at radius 1 is 1.18 bits per heavy atom. The number of piperidine rings is 1. The Hall–Kier alpha value is -2.32. The van der Waals surface area contributed by atoms with Crippen LogP contribution in [0.15, 0.2) is 39.8 Å². The third-order valence-corrected chi connectivity index (χ3v) is 6.41. The second kappa shape index (κ2) is 8.79. The number of aryl methyl sites for hydroxylation is 1. The van der Waals surface area contributed by atoms with E-state index in [4.69, 9.17) is 9.15 Å². The van der Waals surface area contributed by atoms with Crippen molar-refractivity contribution in [3.63, 3.8) is 0 Å². The minimum atomic E-state index is -3.70. The van der Waals surface area contributed by atoms with Gasteiger partial charge < -0.3 is 14.5 Å². The molecule has 0 aliphatic carbocycles. The van der Waals surface area contributed by atoms with E-state index in [1.807, 2.05) is 19.9 Å². The molecule has 28 heavy (non-hydrogen) atoms.